The molecule has 1 atom stereocenters. The maximum atomic E-state index is 6.20. The molecule has 1 nitrogen and oxygen atoms in total. The van der Waals surface area contributed by atoms with E-state index in [9.17, 15) is 0 Å². The van der Waals surface area contributed by atoms with Gasteiger partial charge in [-0.15, -0.1) is 11.3 Å². The van der Waals surface area contributed by atoms with E-state index in [0.717, 1.165) is 10.6 Å². The van der Waals surface area contributed by atoms with Gasteiger partial charge in [0.15, 0.2) is 0 Å². The number of halogens is 1. The van der Waals surface area contributed by atoms with Gasteiger partial charge in [0.25, 0.3) is 0 Å². The van der Waals surface area contributed by atoms with Gasteiger partial charge in [0.2, 0.25) is 0 Å². The molecule has 0 saturated carbocycles. The maximum absolute atomic E-state index is 6.20. The fourth-order valence-electron chi connectivity index (χ4n) is 1.59. The van der Waals surface area contributed by atoms with Crippen LogP contribution in [-0.2, 0) is 0 Å². The average Bonchev–Trinajstić information content (AvgIpc) is 2.77. The molecule has 2 rings (SSSR count). The molecule has 0 aliphatic carbocycles. The Hall–Kier alpha value is -1.09. The molecular formula is C15H16ClNS. The normalized spacial score (nSPS) is 13.7. The first-order valence-electron chi connectivity index (χ1n) is 5.86. The highest BCUT2D eigenvalue weighted by molar-refractivity contribution is 7.16. The van der Waals surface area contributed by atoms with Crippen LogP contribution in [0.25, 0.3) is 16.5 Å². The zero-order chi connectivity index (χ0) is 13.1. The SMILES string of the molecule is C/C(=C\c1ccc(-c2ccccc2Cl)s1)C(C)N. The van der Waals surface area contributed by atoms with Crippen LogP contribution in [0, 0.1) is 0 Å². The summed E-state index contributed by atoms with van der Waals surface area (Å²) in [4.78, 5) is 2.39. The lowest BCUT2D eigenvalue weighted by Gasteiger charge is -2.03. The predicted molar refractivity (Wildman–Crippen MR) is 82.1 cm³/mol. The molecule has 1 aromatic carbocycles. The van der Waals surface area contributed by atoms with E-state index >= 15 is 0 Å². The number of nitrogens with two attached hydrogens (primary N) is 1. The third kappa shape index (κ3) is 3.02. The molecule has 0 amide bonds. The minimum absolute atomic E-state index is 0.0934. The van der Waals surface area contributed by atoms with Crippen LogP contribution in [0.5, 0.6) is 0 Å². The second-order valence-corrected chi connectivity index (χ2v) is 5.88. The summed E-state index contributed by atoms with van der Waals surface area (Å²) in [6, 6.07) is 12.2. The zero-order valence-electron chi connectivity index (χ0n) is 10.5. The molecule has 2 N–H and O–H groups in total. The third-order valence-electron chi connectivity index (χ3n) is 2.85. The van der Waals surface area contributed by atoms with Crippen molar-refractivity contribution < 1.29 is 0 Å². The summed E-state index contributed by atoms with van der Waals surface area (Å²) in [5, 5.41) is 0.791. The van der Waals surface area contributed by atoms with Gasteiger partial charge in [0, 0.05) is 26.4 Å². The molecule has 0 spiro atoms. The smallest absolute Gasteiger partial charge is 0.0492 e. The van der Waals surface area contributed by atoms with E-state index in [1.165, 1.54) is 15.3 Å². The van der Waals surface area contributed by atoms with Gasteiger partial charge in [0.05, 0.1) is 0 Å². The summed E-state index contributed by atoms with van der Waals surface area (Å²) < 4.78 is 0. The van der Waals surface area contributed by atoms with Crippen molar-refractivity contribution in [3.05, 3.63) is 51.9 Å². The van der Waals surface area contributed by atoms with Gasteiger partial charge in [0.1, 0.15) is 0 Å². The van der Waals surface area contributed by atoms with Gasteiger partial charge in [-0.05, 0) is 38.1 Å². The van der Waals surface area contributed by atoms with Gasteiger partial charge in [-0.25, -0.2) is 0 Å². The van der Waals surface area contributed by atoms with Crippen molar-refractivity contribution >= 4 is 29.0 Å². The monoisotopic (exact) mass is 277 g/mol. The Bertz CT molecular complexity index is 569. The molecule has 3 heteroatoms. The van der Waals surface area contributed by atoms with E-state index in [1.54, 1.807) is 11.3 Å². The van der Waals surface area contributed by atoms with Crippen molar-refractivity contribution in [3.8, 4) is 10.4 Å². The lowest BCUT2D eigenvalue weighted by atomic mass is 10.1. The average molecular weight is 278 g/mol. The molecule has 0 fully saturated rings. The van der Waals surface area contributed by atoms with Crippen molar-refractivity contribution in [2.45, 2.75) is 19.9 Å². The molecule has 1 heterocycles. The first kappa shape index (κ1) is 13.3. The van der Waals surface area contributed by atoms with Gasteiger partial charge in [-0.2, -0.15) is 0 Å². The molecule has 0 saturated heterocycles. The number of rotatable bonds is 3. The topological polar surface area (TPSA) is 26.0 Å². The van der Waals surface area contributed by atoms with E-state index in [4.69, 9.17) is 17.3 Å². The Kier molecular flexibility index (Phi) is 4.23. The van der Waals surface area contributed by atoms with Crippen LogP contribution < -0.4 is 5.73 Å². The highest BCUT2D eigenvalue weighted by Crippen LogP contribution is 2.33. The maximum Gasteiger partial charge on any atom is 0.0492 e. The largest absolute Gasteiger partial charge is 0.324 e. The number of thiophene rings is 1. The quantitative estimate of drug-likeness (QED) is 0.855. The van der Waals surface area contributed by atoms with Crippen LogP contribution in [-0.4, -0.2) is 6.04 Å². The van der Waals surface area contributed by atoms with Crippen LogP contribution in [0.3, 0.4) is 0 Å². The van der Waals surface area contributed by atoms with Crippen LogP contribution in [0.15, 0.2) is 42.0 Å². The van der Waals surface area contributed by atoms with E-state index < -0.39 is 0 Å². The van der Waals surface area contributed by atoms with Crippen molar-refractivity contribution in [2.24, 2.45) is 5.73 Å². The van der Waals surface area contributed by atoms with Crippen LogP contribution in [0.4, 0.5) is 0 Å². The Morgan fingerprint density at radius 1 is 1.28 bits per heavy atom. The predicted octanol–water partition coefficient (Wildman–Crippen LogP) is 4.82. The van der Waals surface area contributed by atoms with Crippen molar-refractivity contribution in [1.82, 2.24) is 0 Å². The molecule has 2 aromatic rings. The number of hydrogen-bond donors (Lipinski definition) is 1. The van der Waals surface area contributed by atoms with E-state index in [2.05, 4.69) is 25.1 Å². The molecule has 0 aliphatic heterocycles. The van der Waals surface area contributed by atoms with E-state index in [-0.39, 0.29) is 6.04 Å². The summed E-state index contributed by atoms with van der Waals surface area (Å²) in [5.74, 6) is 0. The highest BCUT2D eigenvalue weighted by Gasteiger charge is 2.06. The Balaban J connectivity index is 2.32. The molecule has 1 aromatic heterocycles. The van der Waals surface area contributed by atoms with Gasteiger partial charge in [-0.1, -0.05) is 35.4 Å². The zero-order valence-corrected chi connectivity index (χ0v) is 12.1. The molecule has 18 heavy (non-hydrogen) atoms. The minimum Gasteiger partial charge on any atom is -0.324 e. The van der Waals surface area contributed by atoms with Crippen LogP contribution >= 0.6 is 22.9 Å². The third-order valence-corrected chi connectivity index (χ3v) is 4.25. The molecule has 94 valence electrons. The fourth-order valence-corrected chi connectivity index (χ4v) is 2.94. The van der Waals surface area contributed by atoms with Gasteiger partial charge in [-0.3, -0.25) is 0 Å². The van der Waals surface area contributed by atoms with Crippen molar-refractivity contribution in [2.75, 3.05) is 0 Å². The molecule has 0 bridgehead atoms. The summed E-state index contributed by atoms with van der Waals surface area (Å²) >= 11 is 7.92. The first-order chi connectivity index (χ1) is 8.58. The minimum atomic E-state index is 0.0934. The second-order valence-electron chi connectivity index (χ2n) is 4.36. The van der Waals surface area contributed by atoms with E-state index in [1.807, 2.05) is 31.2 Å². The van der Waals surface area contributed by atoms with Gasteiger partial charge >= 0.3 is 0 Å². The van der Waals surface area contributed by atoms with Crippen molar-refractivity contribution in [1.29, 1.82) is 0 Å². The number of benzene rings is 1. The van der Waals surface area contributed by atoms with Crippen LogP contribution in [0.2, 0.25) is 5.02 Å². The molecule has 0 radical (unpaired) electrons. The summed E-state index contributed by atoms with van der Waals surface area (Å²) in [7, 11) is 0. The summed E-state index contributed by atoms with van der Waals surface area (Å²) in [5.41, 5.74) is 8.11. The summed E-state index contributed by atoms with van der Waals surface area (Å²) in [6.07, 6.45) is 2.13. The lowest BCUT2D eigenvalue weighted by molar-refractivity contribution is 0.868. The van der Waals surface area contributed by atoms with Crippen LogP contribution in [0.1, 0.15) is 18.7 Å². The van der Waals surface area contributed by atoms with Crippen molar-refractivity contribution in [3.63, 3.8) is 0 Å². The van der Waals surface area contributed by atoms with E-state index in [0.29, 0.717) is 0 Å². The summed E-state index contributed by atoms with van der Waals surface area (Å²) in [6.45, 7) is 4.05. The first-order valence-corrected chi connectivity index (χ1v) is 7.06. The lowest BCUT2D eigenvalue weighted by Crippen LogP contribution is -2.15. The van der Waals surface area contributed by atoms with Gasteiger partial charge < -0.3 is 5.73 Å². The number of hydrogen-bond acceptors (Lipinski definition) is 2. The fraction of sp³-hybridized carbons (Fsp3) is 0.200. The molecule has 1 unspecified atom stereocenters. The Labute approximate surface area is 117 Å². The second kappa shape index (κ2) is 5.70. The Morgan fingerprint density at radius 2 is 2.00 bits per heavy atom. The molecular weight excluding hydrogens is 262 g/mol. The standard InChI is InChI=1S/C15H16ClNS/c1-10(11(2)17)9-12-7-8-15(18-12)13-5-3-4-6-14(13)16/h3-9,11H,17H2,1-2H3/b10-9+. The highest BCUT2D eigenvalue weighted by atomic mass is 35.5. The Morgan fingerprint density at radius 3 is 2.67 bits per heavy atom. The molecule has 0 aliphatic rings.